The average molecular weight is 221 g/mol. The highest BCUT2D eigenvalue weighted by Gasteiger charge is 2.05. The third-order valence-electron chi connectivity index (χ3n) is 2.18. The molecule has 0 unspecified atom stereocenters. The van der Waals surface area contributed by atoms with Crippen LogP contribution in [0.5, 0.6) is 0 Å². The van der Waals surface area contributed by atoms with Crippen LogP contribution in [0.25, 0.3) is 0 Å². The predicted octanol–water partition coefficient (Wildman–Crippen LogP) is 0.193. The molecule has 0 fully saturated rings. The van der Waals surface area contributed by atoms with Gasteiger partial charge in [0, 0.05) is 19.6 Å². The molecule has 0 aromatic heterocycles. The summed E-state index contributed by atoms with van der Waals surface area (Å²) in [5.74, 6) is 0.0175. The van der Waals surface area contributed by atoms with Crippen molar-refractivity contribution in [1.82, 2.24) is 10.2 Å². The van der Waals surface area contributed by atoms with E-state index in [1.165, 1.54) is 5.56 Å². The van der Waals surface area contributed by atoms with Crippen LogP contribution in [0.2, 0.25) is 0 Å². The summed E-state index contributed by atoms with van der Waals surface area (Å²) in [5.41, 5.74) is 6.51. The Balaban J connectivity index is 2.30. The first-order valence-corrected chi connectivity index (χ1v) is 5.41. The number of likely N-dealkylation sites (N-methyl/N-ethyl adjacent to an activating group) is 1. The summed E-state index contributed by atoms with van der Waals surface area (Å²) in [6.45, 7) is 2.19. The molecule has 1 aromatic carbocycles. The molecular formula is C12H19N3O. The van der Waals surface area contributed by atoms with Crippen LogP contribution in [0.3, 0.4) is 0 Å². The number of carbonyl (C=O) groups excluding carboxylic acids is 1. The van der Waals surface area contributed by atoms with Crippen LogP contribution >= 0.6 is 0 Å². The fraction of sp³-hybridized carbons (Fsp3) is 0.417. The first kappa shape index (κ1) is 12.7. The van der Waals surface area contributed by atoms with Gasteiger partial charge in [-0.3, -0.25) is 9.69 Å². The van der Waals surface area contributed by atoms with E-state index in [2.05, 4.69) is 5.32 Å². The van der Waals surface area contributed by atoms with Gasteiger partial charge in [-0.15, -0.1) is 0 Å². The quantitative estimate of drug-likeness (QED) is 0.721. The number of hydrogen-bond acceptors (Lipinski definition) is 3. The standard InChI is InChI=1S/C12H19N3O/c1-15(10-12(16)14-8-7-13)9-11-5-3-2-4-6-11/h2-6H,7-10,13H2,1H3,(H,14,16). The highest BCUT2D eigenvalue weighted by molar-refractivity contribution is 5.77. The maximum atomic E-state index is 11.4. The van der Waals surface area contributed by atoms with Gasteiger partial charge in [0.15, 0.2) is 0 Å². The molecule has 0 heterocycles. The van der Waals surface area contributed by atoms with Crippen molar-refractivity contribution in [3.05, 3.63) is 35.9 Å². The molecule has 0 atom stereocenters. The zero-order valence-electron chi connectivity index (χ0n) is 9.65. The largest absolute Gasteiger partial charge is 0.354 e. The van der Waals surface area contributed by atoms with E-state index in [4.69, 9.17) is 5.73 Å². The van der Waals surface area contributed by atoms with Gasteiger partial charge in [0.1, 0.15) is 0 Å². The Hall–Kier alpha value is -1.39. The Bertz CT molecular complexity index is 313. The van der Waals surface area contributed by atoms with Crippen molar-refractivity contribution in [2.45, 2.75) is 6.54 Å². The van der Waals surface area contributed by atoms with E-state index in [0.29, 0.717) is 19.6 Å². The van der Waals surface area contributed by atoms with Crippen LogP contribution in [0, 0.1) is 0 Å². The number of amides is 1. The molecule has 0 radical (unpaired) electrons. The summed E-state index contributed by atoms with van der Waals surface area (Å²) in [6, 6.07) is 10.1. The summed E-state index contributed by atoms with van der Waals surface area (Å²) in [6.07, 6.45) is 0. The molecule has 0 aliphatic heterocycles. The molecule has 88 valence electrons. The van der Waals surface area contributed by atoms with Gasteiger partial charge in [0.05, 0.1) is 6.54 Å². The molecule has 0 aliphatic rings. The summed E-state index contributed by atoms with van der Waals surface area (Å²) in [4.78, 5) is 13.4. The molecular weight excluding hydrogens is 202 g/mol. The fourth-order valence-electron chi connectivity index (χ4n) is 1.46. The van der Waals surface area contributed by atoms with Crippen molar-refractivity contribution in [3.63, 3.8) is 0 Å². The van der Waals surface area contributed by atoms with Crippen molar-refractivity contribution in [3.8, 4) is 0 Å². The van der Waals surface area contributed by atoms with Gasteiger partial charge in [0.2, 0.25) is 5.91 Å². The van der Waals surface area contributed by atoms with E-state index >= 15 is 0 Å². The second-order valence-electron chi connectivity index (χ2n) is 3.80. The van der Waals surface area contributed by atoms with Crippen LogP contribution in [0.1, 0.15) is 5.56 Å². The first-order chi connectivity index (χ1) is 7.72. The molecule has 0 aliphatic carbocycles. The second kappa shape index (κ2) is 6.98. The van der Waals surface area contributed by atoms with Crippen molar-refractivity contribution in [2.75, 3.05) is 26.7 Å². The van der Waals surface area contributed by atoms with Crippen LogP contribution in [-0.2, 0) is 11.3 Å². The lowest BCUT2D eigenvalue weighted by Crippen LogP contribution is -2.37. The Morgan fingerprint density at radius 1 is 1.38 bits per heavy atom. The highest BCUT2D eigenvalue weighted by Crippen LogP contribution is 2.01. The van der Waals surface area contributed by atoms with E-state index in [9.17, 15) is 4.79 Å². The average Bonchev–Trinajstić information content (AvgIpc) is 2.27. The third-order valence-corrected chi connectivity index (χ3v) is 2.18. The molecule has 0 spiro atoms. The van der Waals surface area contributed by atoms with Crippen LogP contribution in [0.4, 0.5) is 0 Å². The Labute approximate surface area is 96.4 Å². The maximum Gasteiger partial charge on any atom is 0.234 e. The summed E-state index contributed by atoms with van der Waals surface area (Å²) >= 11 is 0. The number of carbonyl (C=O) groups is 1. The van der Waals surface area contributed by atoms with Crippen molar-refractivity contribution >= 4 is 5.91 Å². The van der Waals surface area contributed by atoms with Gasteiger partial charge in [0.25, 0.3) is 0 Å². The number of nitrogens with one attached hydrogen (secondary N) is 1. The lowest BCUT2D eigenvalue weighted by Gasteiger charge is -2.16. The van der Waals surface area contributed by atoms with Crippen LogP contribution in [-0.4, -0.2) is 37.5 Å². The van der Waals surface area contributed by atoms with Gasteiger partial charge >= 0.3 is 0 Å². The summed E-state index contributed by atoms with van der Waals surface area (Å²) < 4.78 is 0. The maximum absolute atomic E-state index is 11.4. The molecule has 4 nitrogen and oxygen atoms in total. The Morgan fingerprint density at radius 2 is 2.06 bits per heavy atom. The van der Waals surface area contributed by atoms with Gasteiger partial charge in [-0.2, -0.15) is 0 Å². The number of nitrogens with two attached hydrogens (primary N) is 1. The predicted molar refractivity (Wildman–Crippen MR) is 64.8 cm³/mol. The van der Waals surface area contributed by atoms with Crippen molar-refractivity contribution in [1.29, 1.82) is 0 Å². The lowest BCUT2D eigenvalue weighted by molar-refractivity contribution is -0.122. The lowest BCUT2D eigenvalue weighted by atomic mass is 10.2. The minimum Gasteiger partial charge on any atom is -0.354 e. The molecule has 0 bridgehead atoms. The fourth-order valence-corrected chi connectivity index (χ4v) is 1.46. The number of hydrogen-bond donors (Lipinski definition) is 2. The van der Waals surface area contributed by atoms with Gasteiger partial charge in [-0.25, -0.2) is 0 Å². The monoisotopic (exact) mass is 221 g/mol. The molecule has 1 rings (SSSR count). The van der Waals surface area contributed by atoms with Crippen molar-refractivity contribution in [2.24, 2.45) is 5.73 Å². The van der Waals surface area contributed by atoms with E-state index in [0.717, 1.165) is 6.54 Å². The first-order valence-electron chi connectivity index (χ1n) is 5.41. The van der Waals surface area contributed by atoms with Gasteiger partial charge < -0.3 is 11.1 Å². The molecule has 0 saturated carbocycles. The van der Waals surface area contributed by atoms with Gasteiger partial charge in [-0.1, -0.05) is 30.3 Å². The number of benzene rings is 1. The highest BCUT2D eigenvalue weighted by atomic mass is 16.2. The summed E-state index contributed by atoms with van der Waals surface area (Å²) in [5, 5.41) is 2.74. The minimum absolute atomic E-state index is 0.0175. The molecule has 0 saturated heterocycles. The molecule has 16 heavy (non-hydrogen) atoms. The topological polar surface area (TPSA) is 58.4 Å². The Kier molecular flexibility index (Phi) is 5.53. The summed E-state index contributed by atoms with van der Waals surface area (Å²) in [7, 11) is 1.93. The normalized spacial score (nSPS) is 10.4. The van der Waals surface area contributed by atoms with Crippen LogP contribution in [0.15, 0.2) is 30.3 Å². The molecule has 1 amide bonds. The minimum atomic E-state index is 0.0175. The smallest absolute Gasteiger partial charge is 0.234 e. The number of nitrogens with zero attached hydrogens (tertiary/aromatic N) is 1. The third kappa shape index (κ3) is 4.91. The second-order valence-corrected chi connectivity index (χ2v) is 3.80. The number of rotatable bonds is 6. The zero-order valence-corrected chi connectivity index (χ0v) is 9.65. The Morgan fingerprint density at radius 3 is 2.69 bits per heavy atom. The van der Waals surface area contributed by atoms with E-state index in [1.54, 1.807) is 0 Å². The van der Waals surface area contributed by atoms with E-state index < -0.39 is 0 Å². The molecule has 1 aromatic rings. The zero-order chi connectivity index (χ0) is 11.8. The van der Waals surface area contributed by atoms with Crippen LogP contribution < -0.4 is 11.1 Å². The van der Waals surface area contributed by atoms with E-state index in [1.807, 2.05) is 42.3 Å². The molecule has 3 N–H and O–H groups in total. The molecule has 4 heteroatoms. The SMILES string of the molecule is CN(CC(=O)NCCN)Cc1ccccc1. The van der Waals surface area contributed by atoms with E-state index in [-0.39, 0.29) is 5.91 Å². The van der Waals surface area contributed by atoms with Gasteiger partial charge in [-0.05, 0) is 12.6 Å². The van der Waals surface area contributed by atoms with Crippen molar-refractivity contribution < 1.29 is 4.79 Å².